The van der Waals surface area contributed by atoms with Gasteiger partial charge in [0.25, 0.3) is 0 Å². The van der Waals surface area contributed by atoms with E-state index in [0.717, 1.165) is 24.1 Å². The number of nitrogens with zero attached hydrogens (tertiary/aromatic N) is 4. The molecular formula is C11H13N5. The molecule has 82 valence electrons. The van der Waals surface area contributed by atoms with Crippen LogP contribution in [-0.2, 0) is 0 Å². The highest BCUT2D eigenvalue weighted by Crippen LogP contribution is 2.14. The molecule has 1 fully saturated rings. The zero-order chi connectivity index (χ0) is 11.0. The molecule has 0 saturated carbocycles. The van der Waals surface area contributed by atoms with E-state index in [9.17, 15) is 0 Å². The van der Waals surface area contributed by atoms with Gasteiger partial charge in [-0.3, -0.25) is 0 Å². The smallest absolute Gasteiger partial charge is 0.246 e. The second kappa shape index (κ2) is 3.68. The maximum absolute atomic E-state index is 4.50. The van der Waals surface area contributed by atoms with Gasteiger partial charge >= 0.3 is 0 Å². The zero-order valence-electron chi connectivity index (χ0n) is 9.09. The van der Waals surface area contributed by atoms with Gasteiger partial charge in [0.1, 0.15) is 5.52 Å². The van der Waals surface area contributed by atoms with E-state index in [0.29, 0.717) is 12.0 Å². The Morgan fingerprint density at radius 2 is 1.94 bits per heavy atom. The molecule has 1 aliphatic rings. The molecule has 1 saturated heterocycles. The molecule has 0 bridgehead atoms. The van der Waals surface area contributed by atoms with Crippen molar-refractivity contribution in [3.8, 4) is 0 Å². The summed E-state index contributed by atoms with van der Waals surface area (Å²) in [4.78, 5) is 6.58. The standard InChI is InChI=1S/C11H13N5/c1-16(8-6-12-7-8)11-13-9-4-2-3-5-10(9)14-15-11/h2-5,8,12H,6-7H2,1H3. The molecule has 16 heavy (non-hydrogen) atoms. The Bertz CT molecular complexity index is 508. The summed E-state index contributed by atoms with van der Waals surface area (Å²) in [5, 5.41) is 11.5. The summed E-state index contributed by atoms with van der Waals surface area (Å²) in [6.07, 6.45) is 0. The van der Waals surface area contributed by atoms with E-state index >= 15 is 0 Å². The number of nitrogens with one attached hydrogen (secondary N) is 1. The van der Waals surface area contributed by atoms with Gasteiger partial charge in [0.05, 0.1) is 11.6 Å². The number of hydrogen-bond acceptors (Lipinski definition) is 5. The number of likely N-dealkylation sites (N-methyl/N-ethyl adjacent to an activating group) is 1. The fraction of sp³-hybridized carbons (Fsp3) is 0.364. The van der Waals surface area contributed by atoms with Crippen LogP contribution in [0.3, 0.4) is 0 Å². The molecule has 5 nitrogen and oxygen atoms in total. The van der Waals surface area contributed by atoms with Crippen molar-refractivity contribution in [2.24, 2.45) is 0 Å². The van der Waals surface area contributed by atoms with E-state index in [2.05, 4.69) is 25.4 Å². The summed E-state index contributed by atoms with van der Waals surface area (Å²) in [6, 6.07) is 8.27. The molecular weight excluding hydrogens is 202 g/mol. The largest absolute Gasteiger partial charge is 0.337 e. The first-order valence-corrected chi connectivity index (χ1v) is 5.37. The minimum absolute atomic E-state index is 0.489. The average molecular weight is 215 g/mol. The molecule has 2 aromatic rings. The van der Waals surface area contributed by atoms with Crippen molar-refractivity contribution in [1.82, 2.24) is 20.5 Å². The van der Waals surface area contributed by atoms with Gasteiger partial charge in [-0.15, -0.1) is 10.2 Å². The number of aromatic nitrogens is 3. The Balaban J connectivity index is 1.97. The fourth-order valence-electron chi connectivity index (χ4n) is 1.73. The van der Waals surface area contributed by atoms with Crippen molar-refractivity contribution < 1.29 is 0 Å². The Labute approximate surface area is 93.5 Å². The van der Waals surface area contributed by atoms with E-state index in [4.69, 9.17) is 0 Å². The van der Waals surface area contributed by atoms with E-state index in [1.54, 1.807) is 0 Å². The highest BCUT2D eigenvalue weighted by Gasteiger charge is 2.23. The predicted octanol–water partition coefficient (Wildman–Crippen LogP) is 0.433. The molecule has 1 aromatic carbocycles. The molecule has 0 unspecified atom stereocenters. The topological polar surface area (TPSA) is 53.9 Å². The minimum Gasteiger partial charge on any atom is -0.337 e. The Kier molecular flexibility index (Phi) is 2.18. The summed E-state index contributed by atoms with van der Waals surface area (Å²) in [7, 11) is 2.01. The van der Waals surface area contributed by atoms with E-state index < -0.39 is 0 Å². The molecule has 0 amide bonds. The maximum atomic E-state index is 4.50. The van der Waals surface area contributed by atoms with Crippen molar-refractivity contribution >= 4 is 17.0 Å². The number of benzene rings is 1. The molecule has 0 atom stereocenters. The van der Waals surface area contributed by atoms with Gasteiger partial charge in [-0.25, -0.2) is 4.98 Å². The first-order chi connectivity index (χ1) is 7.84. The zero-order valence-corrected chi connectivity index (χ0v) is 9.09. The quantitative estimate of drug-likeness (QED) is 0.787. The number of fused-ring (bicyclic) bond motifs is 1. The summed E-state index contributed by atoms with van der Waals surface area (Å²) in [5.74, 6) is 0.699. The third-order valence-corrected chi connectivity index (χ3v) is 2.97. The molecule has 2 heterocycles. The van der Waals surface area contributed by atoms with E-state index in [1.165, 1.54) is 0 Å². The molecule has 1 aromatic heterocycles. The van der Waals surface area contributed by atoms with Crippen LogP contribution < -0.4 is 10.2 Å². The Morgan fingerprint density at radius 1 is 1.19 bits per heavy atom. The lowest BCUT2D eigenvalue weighted by molar-refractivity contribution is 0.424. The van der Waals surface area contributed by atoms with Crippen LogP contribution in [0.1, 0.15) is 0 Å². The third kappa shape index (κ3) is 1.49. The van der Waals surface area contributed by atoms with Crippen LogP contribution in [0.25, 0.3) is 11.0 Å². The molecule has 1 N–H and O–H groups in total. The summed E-state index contributed by atoms with van der Waals surface area (Å²) in [6.45, 7) is 1.99. The van der Waals surface area contributed by atoms with Crippen LogP contribution in [0.2, 0.25) is 0 Å². The van der Waals surface area contributed by atoms with Crippen LogP contribution in [-0.4, -0.2) is 41.4 Å². The van der Waals surface area contributed by atoms with Gasteiger partial charge in [-0.2, -0.15) is 0 Å². The molecule has 0 spiro atoms. The summed E-state index contributed by atoms with van der Waals surface area (Å²) in [5.41, 5.74) is 1.73. The van der Waals surface area contributed by atoms with Gasteiger partial charge in [0.15, 0.2) is 0 Å². The summed E-state index contributed by atoms with van der Waals surface area (Å²) < 4.78 is 0. The summed E-state index contributed by atoms with van der Waals surface area (Å²) >= 11 is 0. The first-order valence-electron chi connectivity index (χ1n) is 5.37. The fourth-order valence-corrected chi connectivity index (χ4v) is 1.73. The average Bonchev–Trinajstić information content (AvgIpc) is 2.26. The highest BCUT2D eigenvalue weighted by atomic mass is 15.3. The van der Waals surface area contributed by atoms with E-state index in [-0.39, 0.29) is 0 Å². The molecule has 0 radical (unpaired) electrons. The van der Waals surface area contributed by atoms with Crippen LogP contribution >= 0.6 is 0 Å². The first kappa shape index (κ1) is 9.47. The van der Waals surface area contributed by atoms with Crippen molar-refractivity contribution in [3.63, 3.8) is 0 Å². The second-order valence-electron chi connectivity index (χ2n) is 4.02. The Hall–Kier alpha value is -1.75. The number of hydrogen-bond donors (Lipinski definition) is 1. The number of para-hydroxylation sites is 1. The number of rotatable bonds is 2. The van der Waals surface area contributed by atoms with Crippen LogP contribution in [0.15, 0.2) is 24.3 Å². The van der Waals surface area contributed by atoms with Gasteiger partial charge < -0.3 is 10.2 Å². The Morgan fingerprint density at radius 3 is 2.62 bits per heavy atom. The molecule has 5 heteroatoms. The van der Waals surface area contributed by atoms with Crippen LogP contribution in [0.5, 0.6) is 0 Å². The molecule has 3 rings (SSSR count). The van der Waals surface area contributed by atoms with Crippen molar-refractivity contribution in [1.29, 1.82) is 0 Å². The maximum Gasteiger partial charge on any atom is 0.246 e. The lowest BCUT2D eigenvalue weighted by atomic mass is 10.1. The lowest BCUT2D eigenvalue weighted by Crippen LogP contribution is -2.56. The van der Waals surface area contributed by atoms with Crippen molar-refractivity contribution in [2.75, 3.05) is 25.0 Å². The van der Waals surface area contributed by atoms with Crippen molar-refractivity contribution in [3.05, 3.63) is 24.3 Å². The van der Waals surface area contributed by atoms with Gasteiger partial charge in [-0.1, -0.05) is 12.1 Å². The van der Waals surface area contributed by atoms with Gasteiger partial charge in [-0.05, 0) is 12.1 Å². The van der Waals surface area contributed by atoms with Crippen LogP contribution in [0, 0.1) is 0 Å². The lowest BCUT2D eigenvalue weighted by Gasteiger charge is -2.35. The van der Waals surface area contributed by atoms with Crippen molar-refractivity contribution in [2.45, 2.75) is 6.04 Å². The second-order valence-corrected chi connectivity index (χ2v) is 4.02. The van der Waals surface area contributed by atoms with E-state index in [1.807, 2.05) is 31.3 Å². The number of anilines is 1. The van der Waals surface area contributed by atoms with Gasteiger partial charge in [0.2, 0.25) is 5.95 Å². The monoisotopic (exact) mass is 215 g/mol. The highest BCUT2D eigenvalue weighted by molar-refractivity contribution is 5.74. The SMILES string of the molecule is CN(c1nnc2ccccc2n1)C1CNC1. The van der Waals surface area contributed by atoms with Crippen LogP contribution in [0.4, 0.5) is 5.95 Å². The molecule has 1 aliphatic heterocycles. The normalized spacial score (nSPS) is 16.1. The minimum atomic E-state index is 0.489. The van der Waals surface area contributed by atoms with Gasteiger partial charge in [0, 0.05) is 20.1 Å². The third-order valence-electron chi connectivity index (χ3n) is 2.97. The molecule has 0 aliphatic carbocycles. The predicted molar refractivity (Wildman–Crippen MR) is 62.4 cm³/mol.